The molecule has 1 atom stereocenters. The van der Waals surface area contributed by atoms with Gasteiger partial charge < -0.3 is 29.0 Å². The molecular formula is C28H33N3O5S. The van der Waals surface area contributed by atoms with Gasteiger partial charge in [0.2, 0.25) is 0 Å². The molecule has 1 saturated heterocycles. The highest BCUT2D eigenvalue weighted by Gasteiger charge is 2.34. The Hall–Kier alpha value is -3.46. The number of methoxy groups -OCH3 is 2. The summed E-state index contributed by atoms with van der Waals surface area (Å²) >= 11 is 1.65. The van der Waals surface area contributed by atoms with Crippen LogP contribution in [0.3, 0.4) is 0 Å². The molecule has 8 nitrogen and oxygen atoms in total. The predicted octanol–water partition coefficient (Wildman–Crippen LogP) is 5.20. The van der Waals surface area contributed by atoms with Crippen molar-refractivity contribution in [1.82, 2.24) is 14.8 Å². The van der Waals surface area contributed by atoms with Gasteiger partial charge in [-0.05, 0) is 68.8 Å². The summed E-state index contributed by atoms with van der Waals surface area (Å²) in [6.07, 6.45) is 1.02. The molecule has 1 unspecified atom stereocenters. The lowest BCUT2D eigenvalue weighted by atomic mass is 9.95. The predicted molar refractivity (Wildman–Crippen MR) is 144 cm³/mol. The number of rotatable bonds is 5. The number of amides is 2. The third-order valence-corrected chi connectivity index (χ3v) is 7.67. The number of nitrogens with one attached hydrogen (secondary N) is 1. The number of likely N-dealkylation sites (tertiary alicyclic amines) is 1. The molecule has 0 saturated carbocycles. The van der Waals surface area contributed by atoms with Crippen LogP contribution in [0.15, 0.2) is 35.7 Å². The van der Waals surface area contributed by atoms with Gasteiger partial charge in [-0.1, -0.05) is 6.07 Å². The van der Waals surface area contributed by atoms with Crippen LogP contribution in [-0.4, -0.2) is 60.4 Å². The van der Waals surface area contributed by atoms with Crippen LogP contribution >= 0.6 is 11.3 Å². The van der Waals surface area contributed by atoms with E-state index in [0.717, 1.165) is 28.1 Å². The van der Waals surface area contributed by atoms with E-state index in [4.69, 9.17) is 14.2 Å². The van der Waals surface area contributed by atoms with Gasteiger partial charge in [0.05, 0.1) is 26.0 Å². The fourth-order valence-corrected chi connectivity index (χ4v) is 5.89. The number of nitrogens with zero attached hydrogens (tertiary/aromatic N) is 2. The van der Waals surface area contributed by atoms with Crippen molar-refractivity contribution in [2.24, 2.45) is 0 Å². The van der Waals surface area contributed by atoms with Crippen LogP contribution in [-0.2, 0) is 17.7 Å². The van der Waals surface area contributed by atoms with Crippen molar-refractivity contribution >= 4 is 23.3 Å². The summed E-state index contributed by atoms with van der Waals surface area (Å²) in [4.78, 5) is 29.0. The lowest BCUT2D eigenvalue weighted by Crippen LogP contribution is -2.41. The minimum atomic E-state index is -0.565. The van der Waals surface area contributed by atoms with E-state index in [0.29, 0.717) is 43.2 Å². The summed E-state index contributed by atoms with van der Waals surface area (Å²) in [5.74, 6) is 1.34. The Kier molecular flexibility index (Phi) is 6.66. The molecule has 0 spiro atoms. The zero-order chi connectivity index (χ0) is 26.3. The number of aromatic nitrogens is 1. The summed E-state index contributed by atoms with van der Waals surface area (Å²) in [5, 5.41) is 4.96. The number of hydrogen-bond donors (Lipinski definition) is 1. The highest BCUT2D eigenvalue weighted by molar-refractivity contribution is 7.13. The van der Waals surface area contributed by atoms with E-state index >= 15 is 0 Å². The molecule has 2 aliphatic rings. The van der Waals surface area contributed by atoms with Crippen molar-refractivity contribution in [3.05, 3.63) is 47.0 Å². The third kappa shape index (κ3) is 4.92. The summed E-state index contributed by atoms with van der Waals surface area (Å²) in [5.41, 5.74) is 4.38. The fourth-order valence-electron chi connectivity index (χ4n) is 5.15. The summed E-state index contributed by atoms with van der Waals surface area (Å²) in [7, 11) is 3.28. The number of carbonyl (C=O) groups excluding carboxylic acids is 2. The number of aryl methyl sites for hydroxylation is 1. The Morgan fingerprint density at radius 2 is 1.81 bits per heavy atom. The lowest BCUT2D eigenvalue weighted by Gasteiger charge is -2.25. The average Bonchev–Trinajstić information content (AvgIpc) is 3.61. The second-order valence-corrected chi connectivity index (χ2v) is 11.4. The summed E-state index contributed by atoms with van der Waals surface area (Å²) in [6.45, 7) is 7.23. The molecule has 1 fully saturated rings. The minimum Gasteiger partial charge on any atom is -0.493 e. The minimum absolute atomic E-state index is 0.0264. The first-order chi connectivity index (χ1) is 17.7. The first kappa shape index (κ1) is 25.2. The Morgan fingerprint density at radius 1 is 1.05 bits per heavy atom. The van der Waals surface area contributed by atoms with E-state index in [1.807, 2.05) is 55.3 Å². The van der Waals surface area contributed by atoms with Gasteiger partial charge in [-0.2, -0.15) is 0 Å². The van der Waals surface area contributed by atoms with E-state index in [1.165, 1.54) is 5.56 Å². The molecule has 0 aliphatic carbocycles. The van der Waals surface area contributed by atoms with Crippen molar-refractivity contribution < 1.29 is 23.8 Å². The SMILES string of the molecule is COc1cc2c(cc1OC)-c1c(-c3cccs3)cc(C(=O)N3CCC(NC(=O)OC(C)(C)C)C3)n1CC2. The molecule has 196 valence electrons. The maximum Gasteiger partial charge on any atom is 0.407 e. The molecule has 2 amide bonds. The van der Waals surface area contributed by atoms with Crippen LogP contribution in [0.2, 0.25) is 0 Å². The summed E-state index contributed by atoms with van der Waals surface area (Å²) in [6, 6.07) is 10.0. The van der Waals surface area contributed by atoms with Crippen LogP contribution in [0.5, 0.6) is 11.5 Å². The lowest BCUT2D eigenvalue weighted by molar-refractivity contribution is 0.0502. The maximum absolute atomic E-state index is 13.8. The van der Waals surface area contributed by atoms with E-state index in [2.05, 4.69) is 16.0 Å². The molecule has 3 aromatic rings. The molecule has 9 heteroatoms. The summed E-state index contributed by atoms with van der Waals surface area (Å²) < 4.78 is 18.7. The highest BCUT2D eigenvalue weighted by atomic mass is 32.1. The smallest absolute Gasteiger partial charge is 0.407 e. The number of fused-ring (bicyclic) bond motifs is 3. The quantitative estimate of drug-likeness (QED) is 0.497. The Bertz CT molecular complexity index is 1320. The normalized spacial score (nSPS) is 16.7. The molecule has 2 aliphatic heterocycles. The Labute approximate surface area is 221 Å². The molecule has 5 rings (SSSR count). The molecule has 37 heavy (non-hydrogen) atoms. The van der Waals surface area contributed by atoms with Gasteiger partial charge in [-0.15, -0.1) is 11.3 Å². The first-order valence-corrected chi connectivity index (χ1v) is 13.4. The van der Waals surface area contributed by atoms with Crippen molar-refractivity contribution in [2.45, 2.75) is 51.8 Å². The van der Waals surface area contributed by atoms with Gasteiger partial charge in [0, 0.05) is 35.6 Å². The van der Waals surface area contributed by atoms with Gasteiger partial charge in [0.1, 0.15) is 11.3 Å². The number of carbonyl (C=O) groups is 2. The van der Waals surface area contributed by atoms with Crippen LogP contribution in [0.25, 0.3) is 21.7 Å². The van der Waals surface area contributed by atoms with Crippen molar-refractivity contribution in [3.8, 4) is 33.2 Å². The number of hydrogen-bond acceptors (Lipinski definition) is 6. The van der Waals surface area contributed by atoms with Crippen LogP contribution in [0, 0.1) is 0 Å². The largest absolute Gasteiger partial charge is 0.493 e. The second kappa shape index (κ2) is 9.78. The number of benzene rings is 1. The van der Waals surface area contributed by atoms with Gasteiger partial charge in [-0.3, -0.25) is 4.79 Å². The van der Waals surface area contributed by atoms with Gasteiger partial charge >= 0.3 is 6.09 Å². The standard InChI is InChI=1S/C28H33N3O5S/c1-28(2,3)36-27(33)29-18-9-10-30(16-18)26(32)21-14-20(24-7-6-12-37-24)25-19-15-23(35-5)22(34-4)13-17(19)8-11-31(21)25/h6-7,12-15,18H,8-11,16H2,1-5H3,(H,29,33). The molecular weight excluding hydrogens is 490 g/mol. The number of ether oxygens (including phenoxy) is 3. The van der Waals surface area contributed by atoms with E-state index < -0.39 is 11.7 Å². The highest BCUT2D eigenvalue weighted by Crippen LogP contribution is 2.45. The third-order valence-electron chi connectivity index (χ3n) is 6.77. The van der Waals surface area contributed by atoms with Gasteiger partial charge in [0.15, 0.2) is 11.5 Å². The van der Waals surface area contributed by atoms with Crippen molar-refractivity contribution in [3.63, 3.8) is 0 Å². The Balaban J connectivity index is 1.47. The fraction of sp³-hybridized carbons (Fsp3) is 0.429. The van der Waals surface area contributed by atoms with E-state index in [-0.39, 0.29) is 11.9 Å². The molecule has 0 radical (unpaired) electrons. The van der Waals surface area contributed by atoms with Crippen molar-refractivity contribution in [1.29, 1.82) is 0 Å². The molecule has 1 N–H and O–H groups in total. The molecule has 0 bridgehead atoms. The monoisotopic (exact) mass is 523 g/mol. The van der Waals surface area contributed by atoms with Gasteiger partial charge in [-0.25, -0.2) is 4.79 Å². The first-order valence-electron chi connectivity index (χ1n) is 12.5. The second-order valence-electron chi connectivity index (χ2n) is 10.4. The van der Waals surface area contributed by atoms with Crippen LogP contribution < -0.4 is 14.8 Å². The average molecular weight is 524 g/mol. The Morgan fingerprint density at radius 3 is 2.49 bits per heavy atom. The molecule has 1 aromatic carbocycles. The molecule has 2 aromatic heterocycles. The van der Waals surface area contributed by atoms with Crippen LogP contribution in [0.4, 0.5) is 4.79 Å². The zero-order valence-electron chi connectivity index (χ0n) is 21.9. The van der Waals surface area contributed by atoms with Crippen molar-refractivity contribution in [2.75, 3.05) is 27.3 Å². The number of alkyl carbamates (subject to hydrolysis) is 1. The van der Waals surface area contributed by atoms with Gasteiger partial charge in [0.25, 0.3) is 5.91 Å². The maximum atomic E-state index is 13.8. The van der Waals surface area contributed by atoms with E-state index in [9.17, 15) is 9.59 Å². The number of thiophene rings is 1. The topological polar surface area (TPSA) is 82.0 Å². The molecule has 4 heterocycles. The van der Waals surface area contributed by atoms with E-state index in [1.54, 1.807) is 25.6 Å². The zero-order valence-corrected chi connectivity index (χ0v) is 22.7. The van der Waals surface area contributed by atoms with Crippen LogP contribution in [0.1, 0.15) is 43.2 Å².